The fraction of sp³-hybridized carbons (Fsp3) is 0.222. The molecule has 6 nitrogen and oxygen atoms in total. The molecule has 0 radical (unpaired) electrons. The molecule has 1 aliphatic rings. The molecular weight excluding hydrogens is 390 g/mol. The first-order valence-corrected chi connectivity index (χ1v) is 8.45. The second-order valence-electron chi connectivity index (χ2n) is 5.46. The van der Waals surface area contributed by atoms with E-state index in [1.165, 1.54) is 6.92 Å². The molecule has 1 atom stereocenters. The van der Waals surface area contributed by atoms with E-state index in [0.29, 0.717) is 23.6 Å². The molecule has 0 aliphatic carbocycles. The lowest BCUT2D eigenvalue weighted by Gasteiger charge is -2.14. The minimum absolute atomic E-state index is 0.203. The van der Waals surface area contributed by atoms with Gasteiger partial charge in [-0.25, -0.2) is 4.79 Å². The Hall–Kier alpha value is -2.54. The number of rotatable bonds is 5. The van der Waals surface area contributed by atoms with E-state index in [1.54, 1.807) is 36.4 Å². The van der Waals surface area contributed by atoms with Crippen LogP contribution in [-0.2, 0) is 16.1 Å². The summed E-state index contributed by atoms with van der Waals surface area (Å²) in [5.74, 6) is 0.426. The summed E-state index contributed by atoms with van der Waals surface area (Å²) in [4.78, 5) is 24.1. The highest BCUT2D eigenvalue weighted by Gasteiger charge is 2.19. The monoisotopic (exact) mass is 405 g/mol. The Kier molecular flexibility index (Phi) is 5.23. The van der Waals surface area contributed by atoms with E-state index in [0.717, 1.165) is 10.0 Å². The molecule has 3 rings (SSSR count). The molecule has 1 heterocycles. The fourth-order valence-electron chi connectivity index (χ4n) is 2.25. The summed E-state index contributed by atoms with van der Waals surface area (Å²) in [6, 6.07) is 12.2. The molecule has 25 heavy (non-hydrogen) atoms. The standard InChI is InChI=1S/C18H16BrNO5/c1-11(25-18(22)13-3-5-14(19)6-4-13)17(21)20-9-12-2-7-15-16(8-12)24-10-23-15/h2-8,11H,9-10H2,1H3,(H,20,21)/t11-/m1/s1. The predicted molar refractivity (Wildman–Crippen MR) is 93.4 cm³/mol. The Morgan fingerprint density at radius 2 is 1.88 bits per heavy atom. The normalized spacial score (nSPS) is 13.2. The Morgan fingerprint density at radius 3 is 2.64 bits per heavy atom. The van der Waals surface area contributed by atoms with Crippen molar-refractivity contribution in [3.8, 4) is 11.5 Å². The SMILES string of the molecule is C[C@@H](OC(=O)c1ccc(Br)cc1)C(=O)NCc1ccc2c(c1)OCO2. The van der Waals surface area contributed by atoms with Crippen molar-refractivity contribution in [3.05, 3.63) is 58.1 Å². The molecular formula is C18H16BrNO5. The Bertz CT molecular complexity index is 791. The molecule has 0 spiro atoms. The lowest BCUT2D eigenvalue weighted by atomic mass is 10.2. The first-order chi connectivity index (χ1) is 12.0. The summed E-state index contributed by atoms with van der Waals surface area (Å²) >= 11 is 3.30. The van der Waals surface area contributed by atoms with E-state index in [1.807, 2.05) is 6.07 Å². The van der Waals surface area contributed by atoms with Gasteiger partial charge in [-0.3, -0.25) is 4.79 Å². The first kappa shape index (κ1) is 17.3. The maximum Gasteiger partial charge on any atom is 0.338 e. The van der Waals surface area contributed by atoms with Gasteiger partial charge in [0.1, 0.15) is 0 Å². The summed E-state index contributed by atoms with van der Waals surface area (Å²) in [6.45, 7) is 2.04. The molecule has 0 fully saturated rings. The van der Waals surface area contributed by atoms with Crippen molar-refractivity contribution in [3.63, 3.8) is 0 Å². The molecule has 0 saturated carbocycles. The van der Waals surface area contributed by atoms with Crippen molar-refractivity contribution in [2.45, 2.75) is 19.6 Å². The molecule has 0 saturated heterocycles. The van der Waals surface area contributed by atoms with Crippen LogP contribution in [0.25, 0.3) is 0 Å². The van der Waals surface area contributed by atoms with Gasteiger partial charge in [-0.05, 0) is 48.9 Å². The van der Waals surface area contributed by atoms with E-state index >= 15 is 0 Å². The molecule has 1 amide bonds. The number of carbonyl (C=O) groups is 2. The number of fused-ring (bicyclic) bond motifs is 1. The molecule has 2 aromatic rings. The maximum atomic E-state index is 12.1. The number of hydrogen-bond donors (Lipinski definition) is 1. The Labute approximate surface area is 153 Å². The van der Waals surface area contributed by atoms with Crippen LogP contribution in [0.1, 0.15) is 22.8 Å². The van der Waals surface area contributed by atoms with E-state index in [2.05, 4.69) is 21.2 Å². The molecule has 2 aromatic carbocycles. The van der Waals surface area contributed by atoms with Gasteiger partial charge in [0.25, 0.3) is 5.91 Å². The molecule has 1 aliphatic heterocycles. The highest BCUT2D eigenvalue weighted by atomic mass is 79.9. The molecule has 0 aromatic heterocycles. The zero-order chi connectivity index (χ0) is 17.8. The van der Waals surface area contributed by atoms with E-state index < -0.39 is 12.1 Å². The predicted octanol–water partition coefficient (Wildman–Crippen LogP) is 3.04. The number of nitrogens with one attached hydrogen (secondary N) is 1. The maximum absolute atomic E-state index is 12.1. The Balaban J connectivity index is 1.52. The lowest BCUT2D eigenvalue weighted by Crippen LogP contribution is -2.35. The fourth-order valence-corrected chi connectivity index (χ4v) is 2.52. The van der Waals surface area contributed by atoms with Crippen LogP contribution in [0, 0.1) is 0 Å². The Morgan fingerprint density at radius 1 is 1.16 bits per heavy atom. The van der Waals surface area contributed by atoms with Crippen molar-refractivity contribution in [1.82, 2.24) is 5.32 Å². The van der Waals surface area contributed by atoms with Crippen LogP contribution in [0.4, 0.5) is 0 Å². The third-order valence-corrected chi connectivity index (χ3v) is 4.17. The van der Waals surface area contributed by atoms with Gasteiger partial charge in [-0.15, -0.1) is 0 Å². The van der Waals surface area contributed by atoms with Crippen molar-refractivity contribution in [2.75, 3.05) is 6.79 Å². The molecule has 1 N–H and O–H groups in total. The number of amides is 1. The topological polar surface area (TPSA) is 73.9 Å². The minimum atomic E-state index is -0.898. The second-order valence-corrected chi connectivity index (χ2v) is 6.38. The van der Waals surface area contributed by atoms with Crippen molar-refractivity contribution >= 4 is 27.8 Å². The van der Waals surface area contributed by atoms with Crippen LogP contribution < -0.4 is 14.8 Å². The zero-order valence-electron chi connectivity index (χ0n) is 13.5. The van der Waals surface area contributed by atoms with Crippen LogP contribution in [0.15, 0.2) is 46.9 Å². The summed E-state index contributed by atoms with van der Waals surface area (Å²) < 4.78 is 16.6. The third-order valence-electron chi connectivity index (χ3n) is 3.64. The largest absolute Gasteiger partial charge is 0.454 e. The van der Waals surface area contributed by atoms with Gasteiger partial charge in [0.05, 0.1) is 5.56 Å². The van der Waals surface area contributed by atoms with Gasteiger partial charge in [0.15, 0.2) is 17.6 Å². The third kappa shape index (κ3) is 4.30. The molecule has 7 heteroatoms. The average Bonchev–Trinajstić information content (AvgIpc) is 3.07. The zero-order valence-corrected chi connectivity index (χ0v) is 15.0. The number of hydrogen-bond acceptors (Lipinski definition) is 5. The molecule has 0 bridgehead atoms. The minimum Gasteiger partial charge on any atom is -0.454 e. The van der Waals surface area contributed by atoms with Crippen LogP contribution in [0.3, 0.4) is 0 Å². The highest BCUT2D eigenvalue weighted by molar-refractivity contribution is 9.10. The average molecular weight is 406 g/mol. The van der Waals surface area contributed by atoms with Gasteiger partial charge in [-0.1, -0.05) is 22.0 Å². The van der Waals surface area contributed by atoms with Gasteiger partial charge < -0.3 is 19.5 Å². The van der Waals surface area contributed by atoms with Crippen molar-refractivity contribution in [2.24, 2.45) is 0 Å². The van der Waals surface area contributed by atoms with Crippen LogP contribution in [0.2, 0.25) is 0 Å². The van der Waals surface area contributed by atoms with Crippen LogP contribution in [0.5, 0.6) is 11.5 Å². The highest BCUT2D eigenvalue weighted by Crippen LogP contribution is 2.32. The summed E-state index contributed by atoms with van der Waals surface area (Å²) in [7, 11) is 0. The number of carbonyl (C=O) groups excluding carboxylic acids is 2. The summed E-state index contributed by atoms with van der Waals surface area (Å²) in [5, 5.41) is 2.74. The molecule has 0 unspecified atom stereocenters. The number of halogens is 1. The summed E-state index contributed by atoms with van der Waals surface area (Å²) in [5.41, 5.74) is 1.25. The first-order valence-electron chi connectivity index (χ1n) is 7.66. The van der Waals surface area contributed by atoms with Crippen molar-refractivity contribution in [1.29, 1.82) is 0 Å². The van der Waals surface area contributed by atoms with Gasteiger partial charge >= 0.3 is 5.97 Å². The lowest BCUT2D eigenvalue weighted by molar-refractivity contribution is -0.129. The molecule has 130 valence electrons. The number of benzene rings is 2. The summed E-state index contributed by atoms with van der Waals surface area (Å²) in [6.07, 6.45) is -0.898. The van der Waals surface area contributed by atoms with Gasteiger partial charge in [-0.2, -0.15) is 0 Å². The smallest absolute Gasteiger partial charge is 0.338 e. The van der Waals surface area contributed by atoms with Gasteiger partial charge in [0, 0.05) is 11.0 Å². The van der Waals surface area contributed by atoms with E-state index in [4.69, 9.17) is 14.2 Å². The van der Waals surface area contributed by atoms with E-state index in [9.17, 15) is 9.59 Å². The van der Waals surface area contributed by atoms with E-state index in [-0.39, 0.29) is 12.7 Å². The van der Waals surface area contributed by atoms with Crippen molar-refractivity contribution < 1.29 is 23.8 Å². The number of esters is 1. The quantitative estimate of drug-likeness (QED) is 0.773. The number of ether oxygens (including phenoxy) is 3. The van der Waals surface area contributed by atoms with Crippen LogP contribution >= 0.6 is 15.9 Å². The van der Waals surface area contributed by atoms with Gasteiger partial charge in [0.2, 0.25) is 6.79 Å². The second kappa shape index (κ2) is 7.57. The van der Waals surface area contributed by atoms with Crippen LogP contribution in [-0.4, -0.2) is 24.8 Å².